The van der Waals surface area contributed by atoms with Gasteiger partial charge in [0.25, 0.3) is 11.8 Å². The number of aliphatic imine (C=N–C) groups is 1. The summed E-state index contributed by atoms with van der Waals surface area (Å²) in [5.41, 5.74) is 6.93. The zero-order chi connectivity index (χ0) is 29.6. The van der Waals surface area contributed by atoms with E-state index in [9.17, 15) is 24.0 Å². The van der Waals surface area contributed by atoms with E-state index in [2.05, 4.69) is 20.3 Å². The lowest BCUT2D eigenvalue weighted by atomic mass is 9.82. The van der Waals surface area contributed by atoms with E-state index in [-0.39, 0.29) is 18.7 Å². The predicted molar refractivity (Wildman–Crippen MR) is 138 cm³/mol. The van der Waals surface area contributed by atoms with Crippen molar-refractivity contribution in [3.05, 3.63) is 10.4 Å². The number of carbonyl (C=O) groups excluding carboxylic acids is 4. The maximum Gasteiger partial charge on any atom is 0.410 e. The summed E-state index contributed by atoms with van der Waals surface area (Å²) in [6.45, 7) is 12.5. The van der Waals surface area contributed by atoms with Gasteiger partial charge >= 0.3 is 12.1 Å². The van der Waals surface area contributed by atoms with Gasteiger partial charge in [-0.05, 0) is 46.6 Å². The van der Waals surface area contributed by atoms with E-state index in [1.54, 1.807) is 48.5 Å². The number of carboxylic acids is 1. The summed E-state index contributed by atoms with van der Waals surface area (Å²) in [6, 6.07) is -1.68. The molecule has 0 aromatic heterocycles. The summed E-state index contributed by atoms with van der Waals surface area (Å²) >= 11 is 0. The lowest BCUT2D eigenvalue weighted by molar-refractivity contribution is -0.141. The van der Waals surface area contributed by atoms with Crippen LogP contribution in [0.25, 0.3) is 10.4 Å². The van der Waals surface area contributed by atoms with Crippen LogP contribution in [-0.2, 0) is 23.9 Å². The second-order valence-electron chi connectivity index (χ2n) is 10.9. The normalized spacial score (nSPS) is 21.3. The lowest BCUT2D eigenvalue weighted by Crippen LogP contribution is -2.56. The number of carbonyl (C=O) groups is 5. The van der Waals surface area contributed by atoms with Crippen molar-refractivity contribution in [2.75, 3.05) is 20.1 Å². The number of azide groups is 1. The molecule has 1 fully saturated rings. The van der Waals surface area contributed by atoms with Crippen molar-refractivity contribution in [2.24, 2.45) is 21.9 Å². The van der Waals surface area contributed by atoms with Crippen molar-refractivity contribution in [3.8, 4) is 0 Å². The Morgan fingerprint density at radius 2 is 1.79 bits per heavy atom. The van der Waals surface area contributed by atoms with Gasteiger partial charge in [-0.3, -0.25) is 24.1 Å². The predicted octanol–water partition coefficient (Wildman–Crippen LogP) is 2.37. The molecule has 1 saturated heterocycles. The molecule has 0 saturated carbocycles. The first-order valence-corrected chi connectivity index (χ1v) is 12.3. The average molecular weight is 538 g/mol. The van der Waals surface area contributed by atoms with Crippen molar-refractivity contribution < 1.29 is 33.8 Å². The fraction of sp³-hybridized carbons (Fsp3) is 0.750. The number of nitrogens with zero attached hydrogens (tertiary/aromatic N) is 6. The highest BCUT2D eigenvalue weighted by Crippen LogP contribution is 2.38. The number of amides is 4. The topological polar surface area (TPSA) is 194 Å². The number of ether oxygens (including phenoxy) is 1. The molecule has 4 atom stereocenters. The summed E-state index contributed by atoms with van der Waals surface area (Å²) in [7, 11) is 1.39. The van der Waals surface area contributed by atoms with Gasteiger partial charge in [0.2, 0.25) is 5.91 Å². The Morgan fingerprint density at radius 1 is 1.21 bits per heavy atom. The molecule has 4 amide bonds. The zero-order valence-electron chi connectivity index (χ0n) is 23.5. The number of carboxylic acid groups (broad SMARTS) is 1. The maximum atomic E-state index is 13.8. The van der Waals surface area contributed by atoms with E-state index in [0.29, 0.717) is 0 Å². The molecule has 0 bridgehead atoms. The van der Waals surface area contributed by atoms with Gasteiger partial charge in [0.15, 0.2) is 0 Å². The van der Waals surface area contributed by atoms with Crippen LogP contribution in [-0.4, -0.2) is 93.8 Å². The summed E-state index contributed by atoms with van der Waals surface area (Å²) in [5, 5.41) is 14.9. The molecule has 2 N–H and O–H groups in total. The minimum absolute atomic E-state index is 0.0246. The molecule has 1 aliphatic rings. The molecule has 14 heteroatoms. The molecule has 0 aromatic rings. The first-order valence-electron chi connectivity index (χ1n) is 12.3. The van der Waals surface area contributed by atoms with E-state index in [4.69, 9.17) is 15.4 Å². The molecular formula is C24H39N7O7. The van der Waals surface area contributed by atoms with Crippen LogP contribution in [0.2, 0.25) is 0 Å². The monoisotopic (exact) mass is 537 g/mol. The van der Waals surface area contributed by atoms with Crippen molar-refractivity contribution in [1.82, 2.24) is 15.1 Å². The van der Waals surface area contributed by atoms with Gasteiger partial charge in [0, 0.05) is 24.4 Å². The summed E-state index contributed by atoms with van der Waals surface area (Å²) in [5.74, 6) is -4.58. The quantitative estimate of drug-likeness (QED) is 0.195. The Balaban J connectivity index is 3.34. The molecule has 14 nitrogen and oxygen atoms in total. The second-order valence-corrected chi connectivity index (χ2v) is 10.9. The van der Waals surface area contributed by atoms with Gasteiger partial charge < -0.3 is 20.1 Å². The lowest BCUT2D eigenvalue weighted by Gasteiger charge is -2.40. The van der Waals surface area contributed by atoms with Crippen LogP contribution >= 0.6 is 0 Å². The summed E-state index contributed by atoms with van der Waals surface area (Å²) < 4.78 is 5.29. The molecular weight excluding hydrogens is 498 g/mol. The standard InChI is InChI=1S/C24H39N7O7/c1-13(2)18(27-20(35)15(4)30(9)22(37)38-23(5,6)7)21(36)31-12-16(28-29-25)10-24(31,8)14(3)19(34)26-11-17(32)33/h13-16H,10-12H2,1-9H3,(H,26,34)(H,32,33)/t14?,15-,16-,24+/m0/s1. The van der Waals surface area contributed by atoms with Gasteiger partial charge in [-0.25, -0.2) is 9.79 Å². The Bertz CT molecular complexity index is 1030. The smallest absolute Gasteiger partial charge is 0.410 e. The maximum absolute atomic E-state index is 13.8. The number of aliphatic carboxylic acids is 1. The third-order valence-electron chi connectivity index (χ3n) is 6.48. The van der Waals surface area contributed by atoms with Gasteiger partial charge in [0.05, 0.1) is 17.5 Å². The van der Waals surface area contributed by atoms with Crippen molar-refractivity contribution in [3.63, 3.8) is 0 Å². The second kappa shape index (κ2) is 12.7. The van der Waals surface area contributed by atoms with Crippen LogP contribution < -0.4 is 5.32 Å². The van der Waals surface area contributed by atoms with Gasteiger partial charge in [0.1, 0.15) is 23.9 Å². The number of likely N-dealkylation sites (tertiary alicyclic amines) is 1. The number of nitrogens with one attached hydrogen (secondary N) is 1. The Hall–Kier alpha value is -3.67. The molecule has 38 heavy (non-hydrogen) atoms. The Labute approximate surface area is 222 Å². The zero-order valence-corrected chi connectivity index (χ0v) is 23.5. The molecule has 1 unspecified atom stereocenters. The number of likely N-dealkylation sites (N-methyl/N-ethyl adjacent to an activating group) is 1. The van der Waals surface area contributed by atoms with Crippen molar-refractivity contribution in [1.29, 1.82) is 0 Å². The van der Waals surface area contributed by atoms with Crippen molar-refractivity contribution >= 4 is 35.5 Å². The molecule has 212 valence electrons. The van der Waals surface area contributed by atoms with Gasteiger partial charge in [-0.15, -0.1) is 0 Å². The minimum atomic E-state index is -1.22. The van der Waals surface area contributed by atoms with E-state index in [1.807, 2.05) is 0 Å². The van der Waals surface area contributed by atoms with E-state index in [0.717, 1.165) is 4.90 Å². The van der Waals surface area contributed by atoms with Crippen molar-refractivity contribution in [2.45, 2.75) is 85.0 Å². The van der Waals surface area contributed by atoms with Gasteiger partial charge in [-0.1, -0.05) is 25.9 Å². The van der Waals surface area contributed by atoms with Crippen LogP contribution in [0.1, 0.15) is 61.8 Å². The molecule has 1 aliphatic heterocycles. The third-order valence-corrected chi connectivity index (χ3v) is 6.48. The first-order chi connectivity index (χ1) is 17.3. The van der Waals surface area contributed by atoms with E-state index < -0.39 is 71.4 Å². The first kappa shape index (κ1) is 32.4. The van der Waals surface area contributed by atoms with E-state index in [1.165, 1.54) is 18.9 Å². The third kappa shape index (κ3) is 8.17. The SMILES string of the molecule is CC(C)C(=NC(=O)[C@H](C)N(C)C(=O)OC(C)(C)C)C(=O)N1C[C@@H](N=[N+]=[N-])C[C@]1(C)C(C)C(=O)NCC(=O)O. The average Bonchev–Trinajstić information content (AvgIpc) is 3.14. The number of rotatable bonds is 9. The largest absolute Gasteiger partial charge is 0.480 e. The molecule has 1 rings (SSSR count). The number of hydrogen-bond acceptors (Lipinski definition) is 7. The fourth-order valence-electron chi connectivity index (χ4n) is 3.98. The highest BCUT2D eigenvalue weighted by molar-refractivity contribution is 6.41. The number of hydrogen-bond donors (Lipinski definition) is 2. The van der Waals surface area contributed by atoms with Gasteiger partial charge in [-0.2, -0.15) is 0 Å². The fourth-order valence-corrected chi connectivity index (χ4v) is 3.98. The van der Waals surface area contributed by atoms with E-state index >= 15 is 0 Å². The molecule has 0 spiro atoms. The summed E-state index contributed by atoms with van der Waals surface area (Å²) in [4.78, 5) is 72.2. The Morgan fingerprint density at radius 3 is 2.26 bits per heavy atom. The molecule has 0 radical (unpaired) electrons. The van der Waals surface area contributed by atoms with Crippen LogP contribution in [0, 0.1) is 11.8 Å². The molecule has 0 aliphatic carbocycles. The summed E-state index contributed by atoms with van der Waals surface area (Å²) in [6.07, 6.45) is -0.585. The Kier molecular flexibility index (Phi) is 10.8. The van der Waals surface area contributed by atoms with Crippen LogP contribution in [0.5, 0.6) is 0 Å². The molecule has 1 heterocycles. The molecule has 0 aromatic carbocycles. The van der Waals surface area contributed by atoms with Crippen LogP contribution in [0.3, 0.4) is 0 Å². The minimum Gasteiger partial charge on any atom is -0.480 e. The van der Waals surface area contributed by atoms with Crippen LogP contribution in [0.15, 0.2) is 10.1 Å². The van der Waals surface area contributed by atoms with Crippen LogP contribution in [0.4, 0.5) is 4.79 Å². The highest BCUT2D eigenvalue weighted by atomic mass is 16.6. The highest BCUT2D eigenvalue weighted by Gasteiger charge is 2.51.